The molecule has 5 heteroatoms. The molecule has 0 saturated carbocycles. The Balaban J connectivity index is 0.000000253. The van der Waals surface area contributed by atoms with Gasteiger partial charge in [-0.25, -0.2) is 0 Å². The van der Waals surface area contributed by atoms with Gasteiger partial charge < -0.3 is 14.4 Å². The number of aryl methyl sites for hydroxylation is 2. The van der Waals surface area contributed by atoms with Crippen LogP contribution in [0.3, 0.4) is 0 Å². The molecule has 3 heterocycles. The van der Waals surface area contributed by atoms with Gasteiger partial charge in [0.15, 0.2) is 0 Å². The molecule has 0 spiro atoms. The summed E-state index contributed by atoms with van der Waals surface area (Å²) in [5.74, 6) is 0. The Labute approximate surface area is 271 Å². The number of rotatable bonds is 4. The smallest absolute Gasteiger partial charge is 0.120 e. The van der Waals surface area contributed by atoms with E-state index in [2.05, 4.69) is 108 Å². The molecule has 0 aliphatic rings. The molecule has 1 radical (unpaired) electrons. The van der Waals surface area contributed by atoms with Gasteiger partial charge in [-0.15, -0.1) is 53.2 Å². The number of fused-ring (bicyclic) bond motifs is 3. The first-order chi connectivity index (χ1) is 19.9. The molecule has 0 amide bonds. The maximum absolute atomic E-state index is 6.40. The predicted molar refractivity (Wildman–Crippen MR) is 180 cm³/mol. The SMILES string of the molecule is Cc1ccnc(-c2[c-]cccc2)c1.Cc1cnc(-c2[c-]cc([Si](C)(C)C)c3c2oc2ccccc23)cc1CC(C)(C)C.[Ir]. The normalized spacial score (nSPS) is 11.6. The fraction of sp³-hybridized carbons (Fsp3) is 0.263. The molecule has 43 heavy (non-hydrogen) atoms. The second-order valence-corrected chi connectivity index (χ2v) is 18.4. The minimum Gasteiger partial charge on any atom is -0.501 e. The summed E-state index contributed by atoms with van der Waals surface area (Å²) in [6.45, 7) is 18.2. The van der Waals surface area contributed by atoms with Crippen molar-refractivity contribution < 1.29 is 24.5 Å². The number of aromatic nitrogens is 2. The third-order valence-electron chi connectivity index (χ3n) is 7.35. The van der Waals surface area contributed by atoms with Gasteiger partial charge in [-0.1, -0.05) is 92.8 Å². The fourth-order valence-corrected chi connectivity index (χ4v) is 6.76. The van der Waals surface area contributed by atoms with Crippen molar-refractivity contribution >= 4 is 35.2 Å². The fourth-order valence-electron chi connectivity index (χ4n) is 5.25. The maximum Gasteiger partial charge on any atom is 0.120 e. The van der Waals surface area contributed by atoms with E-state index in [0.717, 1.165) is 40.1 Å². The summed E-state index contributed by atoms with van der Waals surface area (Å²) >= 11 is 0. The van der Waals surface area contributed by atoms with Crippen molar-refractivity contribution in [3.05, 3.63) is 114 Å². The maximum atomic E-state index is 6.40. The second-order valence-electron chi connectivity index (χ2n) is 13.4. The Morgan fingerprint density at radius 1 is 0.860 bits per heavy atom. The molecule has 223 valence electrons. The van der Waals surface area contributed by atoms with Crippen LogP contribution in [0.25, 0.3) is 44.5 Å². The topological polar surface area (TPSA) is 38.9 Å². The summed E-state index contributed by atoms with van der Waals surface area (Å²) in [7, 11) is -1.57. The van der Waals surface area contributed by atoms with Crippen molar-refractivity contribution in [2.45, 2.75) is 60.7 Å². The van der Waals surface area contributed by atoms with E-state index in [1.54, 1.807) is 0 Å². The molecule has 0 aliphatic heterocycles. The number of pyridine rings is 2. The first-order valence-corrected chi connectivity index (χ1v) is 18.1. The molecule has 0 aliphatic carbocycles. The van der Waals surface area contributed by atoms with Crippen LogP contribution in [0.2, 0.25) is 19.6 Å². The van der Waals surface area contributed by atoms with Gasteiger partial charge in [0.25, 0.3) is 0 Å². The quantitative estimate of drug-likeness (QED) is 0.133. The van der Waals surface area contributed by atoms with E-state index in [0.29, 0.717) is 0 Å². The third-order valence-corrected chi connectivity index (χ3v) is 9.36. The van der Waals surface area contributed by atoms with E-state index < -0.39 is 8.07 Å². The molecule has 0 unspecified atom stereocenters. The molecule has 0 atom stereocenters. The van der Waals surface area contributed by atoms with E-state index in [9.17, 15) is 0 Å². The number of furan rings is 1. The van der Waals surface area contributed by atoms with Crippen molar-refractivity contribution in [3.63, 3.8) is 0 Å². The summed E-state index contributed by atoms with van der Waals surface area (Å²) in [6, 6.07) is 31.4. The van der Waals surface area contributed by atoms with Gasteiger partial charge in [-0.2, -0.15) is 0 Å². The average molecular weight is 761 g/mol. The Bertz CT molecular complexity index is 1850. The molecule has 6 rings (SSSR count). The van der Waals surface area contributed by atoms with Crippen LogP contribution in [-0.2, 0) is 26.5 Å². The summed E-state index contributed by atoms with van der Waals surface area (Å²) in [6.07, 6.45) is 4.83. The van der Waals surface area contributed by atoms with Crippen molar-refractivity contribution in [2.75, 3.05) is 0 Å². The standard InChI is InChI=1S/C26H30NOSi.C12H10N.Ir/c1-17-16-27-21(14-18(17)15-26(2,3)4)19-12-13-23(29(5,6)7)24-20-10-8-9-11-22(20)28-25(19)24;1-10-7-8-13-12(9-10)11-5-3-2-4-6-11;/h8-11,13-14,16H,15H2,1-7H3;2-5,7-9H,1H3;/q2*-1;. The second kappa shape index (κ2) is 13.1. The molecule has 0 N–H and O–H groups in total. The molecule has 3 nitrogen and oxygen atoms in total. The molecule has 3 aromatic heterocycles. The van der Waals surface area contributed by atoms with Crippen LogP contribution in [0.5, 0.6) is 0 Å². The van der Waals surface area contributed by atoms with E-state index in [1.165, 1.54) is 32.6 Å². The van der Waals surface area contributed by atoms with Gasteiger partial charge in [-0.05, 0) is 54.8 Å². The zero-order valence-corrected chi connectivity index (χ0v) is 29.8. The van der Waals surface area contributed by atoms with E-state index in [1.807, 2.05) is 48.8 Å². The van der Waals surface area contributed by atoms with Crippen LogP contribution in [-0.4, -0.2) is 18.0 Å². The molecular formula is C38H40IrN2OSi-2. The van der Waals surface area contributed by atoms with Gasteiger partial charge in [0.05, 0.1) is 5.58 Å². The number of hydrogen-bond acceptors (Lipinski definition) is 3. The predicted octanol–water partition coefficient (Wildman–Crippen LogP) is 9.75. The largest absolute Gasteiger partial charge is 0.501 e. The van der Waals surface area contributed by atoms with E-state index in [4.69, 9.17) is 9.40 Å². The van der Waals surface area contributed by atoms with Gasteiger partial charge in [0, 0.05) is 46.0 Å². The molecular weight excluding hydrogens is 721 g/mol. The van der Waals surface area contributed by atoms with Crippen LogP contribution < -0.4 is 5.19 Å². The zero-order chi connectivity index (χ0) is 30.1. The minimum absolute atomic E-state index is 0. The Kier molecular flexibility index (Phi) is 9.91. The Hall–Kier alpha value is -3.37. The summed E-state index contributed by atoms with van der Waals surface area (Å²) in [5, 5.41) is 3.83. The van der Waals surface area contributed by atoms with Gasteiger partial charge in [-0.3, -0.25) is 0 Å². The van der Waals surface area contributed by atoms with Crippen LogP contribution in [0.4, 0.5) is 0 Å². The van der Waals surface area contributed by atoms with E-state index in [-0.39, 0.29) is 25.5 Å². The van der Waals surface area contributed by atoms with Crippen molar-refractivity contribution in [1.29, 1.82) is 0 Å². The summed E-state index contributed by atoms with van der Waals surface area (Å²) < 4.78 is 6.40. The van der Waals surface area contributed by atoms with Crippen LogP contribution in [0.1, 0.15) is 37.5 Å². The summed E-state index contributed by atoms with van der Waals surface area (Å²) in [5.41, 5.74) is 9.83. The average Bonchev–Trinajstić information content (AvgIpc) is 3.33. The van der Waals surface area contributed by atoms with Crippen molar-refractivity contribution in [3.8, 4) is 22.5 Å². The third kappa shape index (κ3) is 7.59. The van der Waals surface area contributed by atoms with Crippen LogP contribution in [0, 0.1) is 31.4 Å². The molecule has 0 bridgehead atoms. The van der Waals surface area contributed by atoms with Gasteiger partial charge in [0.2, 0.25) is 0 Å². The number of nitrogens with zero attached hydrogens (tertiary/aromatic N) is 2. The Morgan fingerprint density at radius 3 is 2.28 bits per heavy atom. The minimum atomic E-state index is -1.57. The van der Waals surface area contributed by atoms with Crippen molar-refractivity contribution in [2.24, 2.45) is 5.41 Å². The van der Waals surface area contributed by atoms with Gasteiger partial charge >= 0.3 is 0 Å². The van der Waals surface area contributed by atoms with Crippen molar-refractivity contribution in [1.82, 2.24) is 9.97 Å². The first-order valence-electron chi connectivity index (χ1n) is 14.6. The molecule has 6 aromatic rings. The molecule has 0 saturated heterocycles. The van der Waals surface area contributed by atoms with Crippen LogP contribution >= 0.6 is 0 Å². The first kappa shape index (κ1) is 32.5. The number of hydrogen-bond donors (Lipinski definition) is 0. The van der Waals surface area contributed by atoms with E-state index >= 15 is 0 Å². The van der Waals surface area contributed by atoms with Crippen LogP contribution in [0.15, 0.2) is 89.6 Å². The molecule has 0 fully saturated rings. The Morgan fingerprint density at radius 2 is 1.60 bits per heavy atom. The molecule has 3 aromatic carbocycles. The van der Waals surface area contributed by atoms with Gasteiger partial charge in [0.1, 0.15) is 5.58 Å². The summed E-state index contributed by atoms with van der Waals surface area (Å²) in [4.78, 5) is 9.05. The monoisotopic (exact) mass is 761 g/mol. The zero-order valence-electron chi connectivity index (χ0n) is 26.4. The number of para-hydroxylation sites is 1. The number of benzene rings is 3.